The minimum Gasteiger partial charge on any atom is -0.481 e. The van der Waals surface area contributed by atoms with Gasteiger partial charge in [0.2, 0.25) is 5.91 Å². The van der Waals surface area contributed by atoms with E-state index in [4.69, 9.17) is 25.2 Å². The molecule has 56 heavy (non-hydrogen) atoms. The molecule has 12 nitrogen and oxygen atoms in total. The molecule has 0 saturated heterocycles. The van der Waals surface area contributed by atoms with Gasteiger partial charge in [-0.3, -0.25) is 14.6 Å². The zero-order valence-electron chi connectivity index (χ0n) is 33.7. The van der Waals surface area contributed by atoms with Crippen LogP contribution in [0.2, 0.25) is 0 Å². The zero-order valence-corrected chi connectivity index (χ0v) is 34.5. The molecule has 13 heteroatoms. The van der Waals surface area contributed by atoms with E-state index in [0.29, 0.717) is 46.9 Å². The highest BCUT2D eigenvalue weighted by atomic mass is 32.2. The van der Waals surface area contributed by atoms with Crippen LogP contribution in [-0.4, -0.2) is 72.5 Å². The number of aliphatic carboxylic acids is 1. The molecule has 1 amide bonds. The standard InChI is InChI=1S/C43H54N6O6S/c1-10-26-22(3)30-19-32-24(5)28(12-13-37(51)52)39(48-32)29-18-36(50)45-15-17-56-43(9,14-16-54-42(7,8)44)55-41(53)38-25(6)33(49-40(29)38)21-35-27(11-2)23(4)31(47-35)20-34(26)46-30/h10,19-21,24,28,46-47H,1,11-18,44H2,2-9H3,(H,45,50)(H,51,52). The Morgan fingerprint density at radius 1 is 1.12 bits per heavy atom. The number of ether oxygens (including phenoxy) is 2. The predicted molar refractivity (Wildman–Crippen MR) is 223 cm³/mol. The van der Waals surface area contributed by atoms with E-state index in [2.05, 4.69) is 41.8 Å². The molecule has 0 aromatic carbocycles. The number of H-pyrrole nitrogens is 2. The largest absolute Gasteiger partial charge is 0.481 e. The predicted octanol–water partition coefficient (Wildman–Crippen LogP) is 7.59. The number of cyclic esters (lactones) is 1. The Hall–Kier alpha value is -4.72. The number of allylic oxidation sites excluding steroid dienone is 1. The normalized spacial score (nSPS) is 20.6. The Balaban J connectivity index is 1.72. The summed E-state index contributed by atoms with van der Waals surface area (Å²) in [6.45, 7) is 20.2. The van der Waals surface area contributed by atoms with Crippen molar-refractivity contribution in [1.29, 1.82) is 0 Å². The Labute approximate surface area is 332 Å². The number of rotatable bonds is 9. The molecule has 8 bridgehead atoms. The van der Waals surface area contributed by atoms with Crippen molar-refractivity contribution in [3.63, 3.8) is 0 Å². The number of carboxylic acid groups (broad SMARTS) is 1. The lowest BCUT2D eigenvalue weighted by molar-refractivity contribution is -0.145. The number of carbonyl (C=O) groups excluding carboxylic acids is 2. The van der Waals surface area contributed by atoms with Crippen LogP contribution < -0.4 is 11.1 Å². The minimum atomic E-state index is -1.03. The fourth-order valence-corrected chi connectivity index (χ4v) is 8.94. The quantitative estimate of drug-likeness (QED) is 0.107. The molecule has 0 fully saturated rings. The van der Waals surface area contributed by atoms with Gasteiger partial charge in [0.25, 0.3) is 0 Å². The van der Waals surface area contributed by atoms with Crippen LogP contribution in [0.4, 0.5) is 0 Å². The second kappa shape index (κ2) is 16.0. The van der Waals surface area contributed by atoms with E-state index in [1.54, 1.807) is 13.8 Å². The molecule has 0 aliphatic carbocycles. The molecule has 6 rings (SSSR count). The van der Waals surface area contributed by atoms with E-state index in [-0.39, 0.29) is 49.2 Å². The van der Waals surface area contributed by atoms with Crippen molar-refractivity contribution in [2.75, 3.05) is 18.9 Å². The lowest BCUT2D eigenvalue weighted by Gasteiger charge is -2.31. The number of aromatic amines is 2. The van der Waals surface area contributed by atoms with E-state index < -0.39 is 22.6 Å². The van der Waals surface area contributed by atoms with Crippen LogP contribution in [0.5, 0.6) is 0 Å². The summed E-state index contributed by atoms with van der Waals surface area (Å²) in [4.78, 5) is 57.3. The maximum Gasteiger partial charge on any atom is 0.342 e. The van der Waals surface area contributed by atoms with Gasteiger partial charge < -0.3 is 35.6 Å². The number of aromatic nitrogens is 4. The summed E-state index contributed by atoms with van der Waals surface area (Å²) in [5, 5.41) is 12.9. The van der Waals surface area contributed by atoms with Crippen molar-refractivity contribution >= 4 is 68.9 Å². The number of esters is 1. The molecule has 3 aromatic heterocycles. The molecule has 0 saturated carbocycles. The van der Waals surface area contributed by atoms with Gasteiger partial charge in [0.05, 0.1) is 35.7 Å². The van der Waals surface area contributed by atoms with Gasteiger partial charge in [0.1, 0.15) is 5.72 Å². The fourth-order valence-electron chi connectivity index (χ4n) is 7.94. The zero-order chi connectivity index (χ0) is 40.7. The van der Waals surface area contributed by atoms with Crippen LogP contribution >= 0.6 is 11.8 Å². The molecule has 0 radical (unpaired) electrons. The van der Waals surface area contributed by atoms with E-state index in [1.165, 1.54) is 11.8 Å². The van der Waals surface area contributed by atoms with Gasteiger partial charge in [-0.1, -0.05) is 26.5 Å². The highest BCUT2D eigenvalue weighted by Crippen LogP contribution is 2.45. The van der Waals surface area contributed by atoms with Gasteiger partial charge in [0, 0.05) is 75.9 Å². The van der Waals surface area contributed by atoms with Crippen molar-refractivity contribution in [1.82, 2.24) is 25.3 Å². The third-order valence-electron chi connectivity index (χ3n) is 11.1. The Morgan fingerprint density at radius 3 is 2.52 bits per heavy atom. The molecule has 3 unspecified atom stereocenters. The molecule has 3 aromatic rings. The monoisotopic (exact) mass is 782 g/mol. The van der Waals surface area contributed by atoms with Crippen LogP contribution in [0.15, 0.2) is 24.8 Å². The molecule has 0 spiro atoms. The summed E-state index contributed by atoms with van der Waals surface area (Å²) in [5.41, 5.74) is 16.3. The van der Waals surface area contributed by atoms with Crippen LogP contribution in [-0.2, 0) is 36.7 Å². The van der Waals surface area contributed by atoms with Crippen LogP contribution in [0.3, 0.4) is 0 Å². The van der Waals surface area contributed by atoms with Crippen molar-refractivity contribution in [2.24, 2.45) is 5.73 Å². The number of carboxylic acids is 1. The number of fused-ring (bicyclic) bond motifs is 8. The van der Waals surface area contributed by atoms with E-state index >= 15 is 0 Å². The van der Waals surface area contributed by atoms with E-state index in [9.17, 15) is 19.5 Å². The molecule has 3 aliphatic rings. The van der Waals surface area contributed by atoms with Gasteiger partial charge in [-0.05, 0) is 94.8 Å². The molecule has 6 N–H and O–H groups in total. The number of hydrogen-bond donors (Lipinski definition) is 5. The number of hydrogen-bond acceptors (Lipinski definition) is 9. The summed E-state index contributed by atoms with van der Waals surface area (Å²) in [6, 6.07) is 6.05. The molecule has 298 valence electrons. The highest BCUT2D eigenvalue weighted by Gasteiger charge is 2.39. The summed E-state index contributed by atoms with van der Waals surface area (Å²) in [6.07, 6.45) is 2.99. The van der Waals surface area contributed by atoms with Gasteiger partial charge >= 0.3 is 11.9 Å². The Kier molecular flexibility index (Phi) is 11.7. The lowest BCUT2D eigenvalue weighted by Crippen LogP contribution is -2.38. The second-order valence-electron chi connectivity index (χ2n) is 15.7. The summed E-state index contributed by atoms with van der Waals surface area (Å²) >= 11 is 1.42. The number of nitrogens with zero attached hydrogens (tertiary/aromatic N) is 2. The summed E-state index contributed by atoms with van der Waals surface area (Å²) in [5.74, 6) is -1.89. The Morgan fingerprint density at radius 2 is 1.84 bits per heavy atom. The van der Waals surface area contributed by atoms with Crippen LogP contribution in [0.1, 0.15) is 123 Å². The van der Waals surface area contributed by atoms with Crippen LogP contribution in [0, 0.1) is 13.8 Å². The van der Waals surface area contributed by atoms with Crippen molar-refractivity contribution in [3.8, 4) is 0 Å². The minimum absolute atomic E-state index is 0.102. The lowest BCUT2D eigenvalue weighted by atomic mass is 9.84. The number of nitrogens with two attached hydrogens (primary N) is 1. The fraction of sp³-hybridized carbons (Fsp3) is 0.465. The highest BCUT2D eigenvalue weighted by molar-refractivity contribution is 8.00. The number of amides is 1. The van der Waals surface area contributed by atoms with E-state index in [1.807, 2.05) is 45.9 Å². The molecule has 3 aliphatic heterocycles. The first kappa shape index (κ1) is 40.9. The SMILES string of the molecule is C=Cc1c(C)c2cc3nc(c4c5nc(cc6[nH]c(cc1[nH]2)c(C)c6CC)C(C)=C5C(=O)OC(C)(CCOC(C)(C)N)SCCNC(=O)C4)C(CCC(=O)O)C3C. The molecular formula is C43H54N6O6S. The number of carbonyl (C=O) groups is 3. The average Bonchev–Trinajstić information content (AvgIpc) is 3.80. The van der Waals surface area contributed by atoms with Crippen LogP contribution in [0.25, 0.3) is 39.3 Å². The van der Waals surface area contributed by atoms with Gasteiger partial charge in [-0.2, -0.15) is 0 Å². The topological polar surface area (TPSA) is 185 Å². The van der Waals surface area contributed by atoms with E-state index in [0.717, 1.165) is 56.4 Å². The van der Waals surface area contributed by atoms with Gasteiger partial charge in [-0.25, -0.2) is 9.78 Å². The third-order valence-corrected chi connectivity index (χ3v) is 12.4. The average molecular weight is 783 g/mol. The first-order valence-corrected chi connectivity index (χ1v) is 20.3. The molecular weight excluding hydrogens is 729 g/mol. The van der Waals surface area contributed by atoms with Gasteiger partial charge in [0.15, 0.2) is 4.93 Å². The first-order chi connectivity index (χ1) is 26.4. The third kappa shape index (κ3) is 8.35. The first-order valence-electron chi connectivity index (χ1n) is 19.3. The Bertz CT molecular complexity index is 2300. The number of thioether (sulfide) groups is 1. The van der Waals surface area contributed by atoms with Crippen molar-refractivity contribution in [2.45, 2.75) is 110 Å². The molecule has 3 atom stereocenters. The van der Waals surface area contributed by atoms with Crippen molar-refractivity contribution in [3.05, 3.63) is 75.4 Å². The number of nitrogens with one attached hydrogen (secondary N) is 3. The van der Waals surface area contributed by atoms with Crippen molar-refractivity contribution < 1.29 is 29.0 Å². The van der Waals surface area contributed by atoms with Gasteiger partial charge in [-0.15, -0.1) is 11.8 Å². The molecule has 6 heterocycles. The maximum atomic E-state index is 14.7. The smallest absolute Gasteiger partial charge is 0.342 e. The summed E-state index contributed by atoms with van der Waals surface area (Å²) < 4.78 is 12.3. The second-order valence-corrected chi connectivity index (χ2v) is 17.3. The maximum absolute atomic E-state index is 14.7. The summed E-state index contributed by atoms with van der Waals surface area (Å²) in [7, 11) is 0. The number of aryl methyl sites for hydroxylation is 3.